The first-order valence-corrected chi connectivity index (χ1v) is 8.89. The van der Waals surface area contributed by atoms with Crippen LogP contribution in [-0.4, -0.2) is 27.4 Å². The maximum Gasteiger partial charge on any atom is 0.227 e. The van der Waals surface area contributed by atoms with Crippen molar-refractivity contribution >= 4 is 23.5 Å². The Morgan fingerprint density at radius 2 is 2.00 bits per heavy atom. The SMILES string of the molecule is CC(C)(Cc1nc(-c2cccc(Cl)c2)no1)C1C=NN(c2ccncc2)O1. The molecule has 0 N–H and O–H groups in total. The smallest absolute Gasteiger partial charge is 0.227 e. The fourth-order valence-corrected chi connectivity index (χ4v) is 2.98. The maximum atomic E-state index is 6.03. The topological polar surface area (TPSA) is 76.6 Å². The molecule has 1 aliphatic rings. The van der Waals surface area contributed by atoms with Gasteiger partial charge in [-0.2, -0.15) is 10.1 Å². The lowest BCUT2D eigenvalue weighted by molar-refractivity contribution is 0.0204. The van der Waals surface area contributed by atoms with Gasteiger partial charge in [-0.25, -0.2) is 4.84 Å². The normalized spacial score (nSPS) is 16.9. The van der Waals surface area contributed by atoms with E-state index in [0.29, 0.717) is 23.2 Å². The molecule has 3 aromatic rings. The summed E-state index contributed by atoms with van der Waals surface area (Å²) in [5.41, 5.74) is 1.34. The lowest BCUT2D eigenvalue weighted by atomic mass is 9.83. The van der Waals surface area contributed by atoms with Crippen molar-refractivity contribution < 1.29 is 9.36 Å². The van der Waals surface area contributed by atoms with Crippen LogP contribution < -0.4 is 5.17 Å². The summed E-state index contributed by atoms with van der Waals surface area (Å²) in [4.78, 5) is 14.5. The van der Waals surface area contributed by atoms with Crippen LogP contribution in [0, 0.1) is 5.41 Å². The molecule has 0 amide bonds. The predicted octanol–water partition coefficient (Wildman–Crippen LogP) is 4.16. The highest BCUT2D eigenvalue weighted by Crippen LogP contribution is 2.32. The minimum atomic E-state index is -0.302. The highest BCUT2D eigenvalue weighted by Gasteiger charge is 2.36. The quantitative estimate of drug-likeness (QED) is 0.658. The minimum Gasteiger partial charge on any atom is -0.339 e. The van der Waals surface area contributed by atoms with Gasteiger partial charge in [-0.15, -0.1) is 5.17 Å². The Labute approximate surface area is 161 Å². The third-order valence-corrected chi connectivity index (χ3v) is 4.57. The molecule has 7 nitrogen and oxygen atoms in total. The molecule has 1 aliphatic heterocycles. The third kappa shape index (κ3) is 3.84. The van der Waals surface area contributed by atoms with E-state index in [1.165, 1.54) is 5.17 Å². The van der Waals surface area contributed by atoms with Gasteiger partial charge in [-0.3, -0.25) is 4.98 Å². The van der Waals surface area contributed by atoms with Crippen molar-refractivity contribution in [3.05, 3.63) is 59.7 Å². The van der Waals surface area contributed by atoms with Crippen LogP contribution in [0.25, 0.3) is 11.4 Å². The number of anilines is 1. The van der Waals surface area contributed by atoms with Crippen molar-refractivity contribution in [3.8, 4) is 11.4 Å². The summed E-state index contributed by atoms with van der Waals surface area (Å²) in [5, 5.41) is 10.5. The molecule has 0 aliphatic carbocycles. The standard InChI is InChI=1S/C19H18ClN5O2/c1-19(2,16-12-22-25(27-16)15-6-8-21-9-7-15)11-17-23-18(24-26-17)13-4-3-5-14(20)10-13/h3-10,12,16H,11H2,1-2H3. The van der Waals surface area contributed by atoms with Gasteiger partial charge in [-0.1, -0.05) is 42.7 Å². The molecule has 2 aromatic heterocycles. The molecule has 0 saturated carbocycles. The lowest BCUT2D eigenvalue weighted by Crippen LogP contribution is -2.35. The molecule has 0 spiro atoms. The van der Waals surface area contributed by atoms with Crippen molar-refractivity contribution in [2.75, 3.05) is 5.17 Å². The molecule has 8 heteroatoms. The predicted molar refractivity (Wildman–Crippen MR) is 102 cm³/mol. The number of hydrogen-bond acceptors (Lipinski definition) is 7. The van der Waals surface area contributed by atoms with E-state index in [1.807, 2.05) is 24.3 Å². The van der Waals surface area contributed by atoms with Crippen molar-refractivity contribution in [2.45, 2.75) is 26.4 Å². The van der Waals surface area contributed by atoms with Gasteiger partial charge in [0.2, 0.25) is 11.7 Å². The van der Waals surface area contributed by atoms with Gasteiger partial charge >= 0.3 is 0 Å². The number of rotatable bonds is 5. The summed E-state index contributed by atoms with van der Waals surface area (Å²) >= 11 is 6.03. The van der Waals surface area contributed by atoms with Crippen LogP contribution >= 0.6 is 11.6 Å². The van der Waals surface area contributed by atoms with Crippen LogP contribution in [0.5, 0.6) is 0 Å². The largest absolute Gasteiger partial charge is 0.339 e. The van der Waals surface area contributed by atoms with Crippen molar-refractivity contribution in [1.82, 2.24) is 15.1 Å². The summed E-state index contributed by atoms with van der Waals surface area (Å²) in [5.74, 6) is 1.05. The van der Waals surface area contributed by atoms with E-state index in [9.17, 15) is 0 Å². The molecule has 1 atom stereocenters. The van der Waals surface area contributed by atoms with Crippen LogP contribution in [-0.2, 0) is 11.3 Å². The minimum absolute atomic E-state index is 0.229. The Morgan fingerprint density at radius 3 is 2.78 bits per heavy atom. The second kappa shape index (κ2) is 7.09. The Morgan fingerprint density at radius 1 is 1.19 bits per heavy atom. The third-order valence-electron chi connectivity index (χ3n) is 4.33. The van der Waals surface area contributed by atoms with Gasteiger partial charge in [0.15, 0.2) is 0 Å². The summed E-state index contributed by atoms with van der Waals surface area (Å²) in [7, 11) is 0. The summed E-state index contributed by atoms with van der Waals surface area (Å²) in [6.07, 6.45) is 5.49. The van der Waals surface area contributed by atoms with E-state index in [2.05, 4.69) is 34.1 Å². The molecule has 1 unspecified atom stereocenters. The molecule has 3 heterocycles. The first-order chi connectivity index (χ1) is 13.0. The zero-order valence-electron chi connectivity index (χ0n) is 14.9. The molecular weight excluding hydrogens is 366 g/mol. The fourth-order valence-electron chi connectivity index (χ4n) is 2.79. The highest BCUT2D eigenvalue weighted by atomic mass is 35.5. The van der Waals surface area contributed by atoms with Crippen LogP contribution in [0.3, 0.4) is 0 Å². The summed E-state index contributed by atoms with van der Waals surface area (Å²) < 4.78 is 5.44. The Balaban J connectivity index is 1.46. The number of hydrazone groups is 1. The van der Waals surface area contributed by atoms with Crippen molar-refractivity contribution in [1.29, 1.82) is 0 Å². The van der Waals surface area contributed by atoms with E-state index >= 15 is 0 Å². The first kappa shape index (κ1) is 17.6. The maximum absolute atomic E-state index is 6.03. The van der Waals surface area contributed by atoms with E-state index in [4.69, 9.17) is 21.0 Å². The number of aromatic nitrogens is 3. The second-order valence-corrected chi connectivity index (χ2v) is 7.39. The first-order valence-electron chi connectivity index (χ1n) is 8.51. The number of benzene rings is 1. The molecular formula is C19H18ClN5O2. The van der Waals surface area contributed by atoms with E-state index in [1.54, 1.807) is 30.7 Å². The van der Waals surface area contributed by atoms with Crippen molar-refractivity contribution in [2.24, 2.45) is 10.5 Å². The highest BCUT2D eigenvalue weighted by molar-refractivity contribution is 6.30. The molecule has 0 radical (unpaired) electrons. The monoisotopic (exact) mass is 383 g/mol. The zero-order valence-corrected chi connectivity index (χ0v) is 15.7. The van der Waals surface area contributed by atoms with E-state index in [0.717, 1.165) is 11.3 Å². The van der Waals surface area contributed by atoms with Crippen molar-refractivity contribution in [3.63, 3.8) is 0 Å². The van der Waals surface area contributed by atoms with Crippen LogP contribution in [0.15, 0.2) is 58.4 Å². The molecule has 0 saturated heterocycles. The number of halogens is 1. The average Bonchev–Trinajstić information content (AvgIpc) is 3.32. The zero-order chi connectivity index (χ0) is 18.9. The second-order valence-electron chi connectivity index (χ2n) is 6.96. The molecule has 138 valence electrons. The van der Waals surface area contributed by atoms with E-state index < -0.39 is 0 Å². The van der Waals surface area contributed by atoms with Gasteiger partial charge < -0.3 is 4.52 Å². The number of hydrogen-bond donors (Lipinski definition) is 0. The summed E-state index contributed by atoms with van der Waals surface area (Å²) in [6.45, 7) is 4.14. The molecule has 0 bridgehead atoms. The average molecular weight is 384 g/mol. The van der Waals surface area contributed by atoms with Gasteiger partial charge in [-0.05, 0) is 24.3 Å². The Bertz CT molecular complexity index is 957. The van der Waals surface area contributed by atoms with Gasteiger partial charge in [0.25, 0.3) is 0 Å². The number of pyridine rings is 1. The Hall–Kier alpha value is -2.77. The van der Waals surface area contributed by atoms with Gasteiger partial charge in [0.1, 0.15) is 6.10 Å². The van der Waals surface area contributed by atoms with Crippen LogP contribution in [0.4, 0.5) is 5.69 Å². The molecule has 1 aromatic carbocycles. The Kier molecular flexibility index (Phi) is 4.63. The summed E-state index contributed by atoms with van der Waals surface area (Å²) in [6, 6.07) is 11.0. The van der Waals surface area contributed by atoms with Gasteiger partial charge in [0, 0.05) is 34.8 Å². The number of nitrogens with zero attached hydrogens (tertiary/aromatic N) is 5. The molecule has 27 heavy (non-hydrogen) atoms. The van der Waals surface area contributed by atoms with Crippen LogP contribution in [0.2, 0.25) is 5.02 Å². The molecule has 4 rings (SSSR count). The van der Waals surface area contributed by atoms with Crippen LogP contribution in [0.1, 0.15) is 19.7 Å². The molecule has 0 fully saturated rings. The fraction of sp³-hybridized carbons (Fsp3) is 0.263. The van der Waals surface area contributed by atoms with Gasteiger partial charge in [0.05, 0.1) is 11.9 Å². The van der Waals surface area contributed by atoms with E-state index in [-0.39, 0.29) is 11.5 Å². The lowest BCUT2D eigenvalue weighted by Gasteiger charge is -2.28.